The van der Waals surface area contributed by atoms with Crippen LogP contribution in [0.1, 0.15) is 101 Å². The SMILES string of the molecule is Cc1cc(C)c2c(c1)N(c1cc3c4c(c1)N1c5c(cc([Si](C)(C)C)cc5C5(C)CCCCC15C)B4c1cc(-c4ccccc4)ccc1N3c1ccc(-c3ccccc3)cc1)C1(C)CCCCC21C. The molecule has 68 heavy (non-hydrogen) atoms. The highest BCUT2D eigenvalue weighted by Gasteiger charge is 2.63. The van der Waals surface area contributed by atoms with Crippen molar-refractivity contribution >= 4 is 76.2 Å². The van der Waals surface area contributed by atoms with Gasteiger partial charge in [-0.15, -0.1) is 0 Å². The summed E-state index contributed by atoms with van der Waals surface area (Å²) in [6.07, 6.45) is 9.87. The predicted octanol–water partition coefficient (Wildman–Crippen LogP) is 14.3. The molecule has 0 N–H and O–H groups in total. The molecule has 4 aliphatic heterocycles. The Morgan fingerprint density at radius 3 is 1.75 bits per heavy atom. The molecule has 7 aromatic carbocycles. The van der Waals surface area contributed by atoms with E-state index in [1.807, 2.05) is 0 Å². The second-order valence-electron chi connectivity index (χ2n) is 23.7. The summed E-state index contributed by atoms with van der Waals surface area (Å²) in [5, 5.41) is 1.59. The molecule has 7 aromatic rings. The number of anilines is 7. The van der Waals surface area contributed by atoms with Crippen LogP contribution in [0, 0.1) is 13.8 Å². The highest BCUT2D eigenvalue weighted by Crippen LogP contribution is 2.65. The van der Waals surface area contributed by atoms with Crippen molar-refractivity contribution in [3.63, 3.8) is 0 Å². The minimum absolute atomic E-state index is 0.0193. The van der Waals surface area contributed by atoms with Gasteiger partial charge in [-0.05, 0) is 151 Å². The first-order valence-corrected chi connectivity index (χ1v) is 29.4. The maximum absolute atomic E-state index is 2.97. The Labute approximate surface area is 407 Å². The first-order chi connectivity index (χ1) is 32.6. The summed E-state index contributed by atoms with van der Waals surface area (Å²) in [6.45, 7) is 23.0. The van der Waals surface area contributed by atoms with E-state index in [1.54, 1.807) is 16.3 Å². The number of hydrogen-bond donors (Lipinski definition) is 0. The minimum Gasteiger partial charge on any atom is -0.335 e. The van der Waals surface area contributed by atoms with E-state index in [1.165, 1.54) is 141 Å². The van der Waals surface area contributed by atoms with Crippen molar-refractivity contribution in [3.05, 3.63) is 162 Å². The lowest BCUT2D eigenvalue weighted by molar-refractivity contribution is 0.193. The van der Waals surface area contributed by atoms with Crippen LogP contribution in [0.15, 0.2) is 140 Å². The fourth-order valence-corrected chi connectivity index (χ4v) is 16.4. The van der Waals surface area contributed by atoms with Crippen LogP contribution in [-0.4, -0.2) is 25.9 Å². The topological polar surface area (TPSA) is 9.72 Å². The summed E-state index contributed by atoms with van der Waals surface area (Å²) in [4.78, 5) is 8.51. The zero-order valence-corrected chi connectivity index (χ0v) is 42.9. The molecule has 4 unspecified atom stereocenters. The number of rotatable bonds is 5. The molecular formula is C63H66BN3Si. The molecule has 4 atom stereocenters. The van der Waals surface area contributed by atoms with Gasteiger partial charge in [0, 0.05) is 50.6 Å². The predicted molar refractivity (Wildman–Crippen MR) is 295 cm³/mol. The molecular weight excluding hydrogens is 838 g/mol. The van der Waals surface area contributed by atoms with Gasteiger partial charge in [-0.2, -0.15) is 0 Å². The van der Waals surface area contributed by atoms with Gasteiger partial charge in [0.15, 0.2) is 0 Å². The highest BCUT2D eigenvalue weighted by molar-refractivity contribution is 7.01. The smallest absolute Gasteiger partial charge is 0.252 e. The lowest BCUT2D eigenvalue weighted by Crippen LogP contribution is -2.65. The molecule has 0 saturated heterocycles. The van der Waals surface area contributed by atoms with Crippen molar-refractivity contribution in [2.24, 2.45) is 0 Å². The number of hydrogen-bond acceptors (Lipinski definition) is 3. The summed E-state index contributed by atoms with van der Waals surface area (Å²) in [6, 6.07) is 54.7. The molecule has 2 aliphatic carbocycles. The Morgan fingerprint density at radius 2 is 1.07 bits per heavy atom. The molecule has 3 nitrogen and oxygen atoms in total. The van der Waals surface area contributed by atoms with Gasteiger partial charge in [-0.1, -0.05) is 167 Å². The van der Waals surface area contributed by atoms with Gasteiger partial charge in [0.25, 0.3) is 6.71 Å². The summed E-state index contributed by atoms with van der Waals surface area (Å²) in [5.41, 5.74) is 24.8. The third-order valence-corrected chi connectivity index (χ3v) is 21.0. The summed E-state index contributed by atoms with van der Waals surface area (Å²) in [7, 11) is -1.76. The van der Waals surface area contributed by atoms with E-state index in [4.69, 9.17) is 0 Å². The molecule has 340 valence electrons. The maximum atomic E-state index is 2.97. The van der Waals surface area contributed by atoms with Crippen molar-refractivity contribution in [3.8, 4) is 22.3 Å². The third kappa shape index (κ3) is 5.54. The van der Waals surface area contributed by atoms with E-state index in [-0.39, 0.29) is 28.6 Å². The monoisotopic (exact) mass is 904 g/mol. The van der Waals surface area contributed by atoms with Crippen LogP contribution in [0.5, 0.6) is 0 Å². The maximum Gasteiger partial charge on any atom is 0.252 e. The van der Waals surface area contributed by atoms with Crippen molar-refractivity contribution < 1.29 is 0 Å². The number of aryl methyl sites for hydroxylation is 2. The van der Waals surface area contributed by atoms with Gasteiger partial charge < -0.3 is 14.7 Å². The average molecular weight is 904 g/mol. The lowest BCUT2D eigenvalue weighted by Gasteiger charge is -2.54. The molecule has 6 aliphatic rings. The van der Waals surface area contributed by atoms with E-state index in [0.29, 0.717) is 0 Å². The quantitative estimate of drug-likeness (QED) is 0.159. The van der Waals surface area contributed by atoms with Gasteiger partial charge in [0.05, 0.1) is 19.2 Å². The van der Waals surface area contributed by atoms with Gasteiger partial charge >= 0.3 is 0 Å². The molecule has 0 amide bonds. The summed E-state index contributed by atoms with van der Waals surface area (Å²) in [5.74, 6) is 0. The Bertz CT molecular complexity index is 3230. The van der Waals surface area contributed by atoms with Crippen LogP contribution in [0.2, 0.25) is 19.6 Å². The Kier molecular flexibility index (Phi) is 8.96. The Morgan fingerprint density at radius 1 is 0.485 bits per heavy atom. The Balaban J connectivity index is 1.16. The highest BCUT2D eigenvalue weighted by atomic mass is 28.3. The van der Waals surface area contributed by atoms with E-state index >= 15 is 0 Å². The zero-order chi connectivity index (χ0) is 46.7. The fourth-order valence-electron chi connectivity index (χ4n) is 15.2. The number of fused-ring (bicyclic) bond motifs is 10. The fraction of sp³-hybridized carbons (Fsp3) is 0.333. The molecule has 0 aromatic heterocycles. The second kappa shape index (κ2) is 14.4. The van der Waals surface area contributed by atoms with Crippen LogP contribution in [0.3, 0.4) is 0 Å². The summed E-state index contributed by atoms with van der Waals surface area (Å²) < 4.78 is 0. The van der Waals surface area contributed by atoms with E-state index in [9.17, 15) is 0 Å². The molecule has 4 heterocycles. The molecule has 5 heteroatoms. The van der Waals surface area contributed by atoms with Crippen molar-refractivity contribution in [1.82, 2.24) is 0 Å². The minimum atomic E-state index is -1.76. The molecule has 13 rings (SSSR count). The third-order valence-electron chi connectivity index (χ3n) is 19.0. The number of nitrogens with zero attached hydrogens (tertiary/aromatic N) is 3. The first-order valence-electron chi connectivity index (χ1n) is 25.9. The van der Waals surface area contributed by atoms with Gasteiger partial charge in [-0.3, -0.25) is 0 Å². The van der Waals surface area contributed by atoms with E-state index in [0.717, 1.165) is 0 Å². The normalized spacial score (nSPS) is 25.1. The van der Waals surface area contributed by atoms with Crippen molar-refractivity contribution in [1.29, 1.82) is 0 Å². The largest absolute Gasteiger partial charge is 0.335 e. The summed E-state index contributed by atoms with van der Waals surface area (Å²) >= 11 is 0. The first kappa shape index (κ1) is 42.3. The second-order valence-corrected chi connectivity index (χ2v) is 28.8. The van der Waals surface area contributed by atoms with Gasteiger partial charge in [-0.25, -0.2) is 0 Å². The van der Waals surface area contributed by atoms with Crippen molar-refractivity contribution in [2.75, 3.05) is 14.7 Å². The molecule has 2 fully saturated rings. The van der Waals surface area contributed by atoms with E-state index < -0.39 is 8.07 Å². The van der Waals surface area contributed by atoms with E-state index in [2.05, 4.69) is 215 Å². The molecule has 0 bridgehead atoms. The Hall–Kier alpha value is -5.78. The zero-order valence-electron chi connectivity index (χ0n) is 41.9. The van der Waals surface area contributed by atoms with Crippen LogP contribution >= 0.6 is 0 Å². The molecule has 0 spiro atoms. The molecule has 0 radical (unpaired) electrons. The van der Waals surface area contributed by atoms with Crippen LogP contribution in [0.4, 0.5) is 39.8 Å². The van der Waals surface area contributed by atoms with Crippen LogP contribution < -0.4 is 36.3 Å². The van der Waals surface area contributed by atoms with Crippen molar-refractivity contribution in [2.45, 2.75) is 134 Å². The standard InChI is InChI=1S/C63H66BN3Si/c1-41-34-42(2)57-54(35-41)66(63(6)33-19-17-31-61(57,63)4)48-37-55-58-56(38-48)67-59-50(60(3)30-16-18-32-62(60,67)5)39-49(68(7,8)9)40-52(59)64(58)51-36-46(44-22-14-11-15-23-44)26-29-53(51)65(55)47-27-24-45(25-28-47)43-20-12-10-13-21-43/h10-15,20-29,34-40H,16-19,30-33H2,1-9H3. The van der Waals surface area contributed by atoms with Crippen LogP contribution in [0.25, 0.3) is 22.3 Å². The van der Waals surface area contributed by atoms with Crippen LogP contribution in [-0.2, 0) is 10.8 Å². The van der Waals surface area contributed by atoms with Gasteiger partial charge in [0.1, 0.15) is 0 Å². The van der Waals surface area contributed by atoms with Gasteiger partial charge in [0.2, 0.25) is 0 Å². The number of benzene rings is 7. The molecule has 2 saturated carbocycles. The average Bonchev–Trinajstić information content (AvgIpc) is 3.68. The lowest BCUT2D eigenvalue weighted by atomic mass is 9.33.